The van der Waals surface area contributed by atoms with Gasteiger partial charge in [-0.3, -0.25) is 0 Å². The van der Waals surface area contributed by atoms with Crippen LogP contribution in [0.3, 0.4) is 0 Å². The lowest BCUT2D eigenvalue weighted by atomic mass is 10.1. The molecule has 6 heteroatoms. The Morgan fingerprint density at radius 1 is 1.04 bits per heavy atom. The molecule has 0 saturated carbocycles. The predicted molar refractivity (Wildman–Crippen MR) is 105 cm³/mol. The molecule has 4 rings (SSSR count). The zero-order valence-corrected chi connectivity index (χ0v) is 15.6. The summed E-state index contributed by atoms with van der Waals surface area (Å²) in [4.78, 5) is 9.86. The standard InChI is InChI=1S/C20H15FN2OS2/c1-24-16-8-4-14(5-9-16)17-11-26-20-18(17)19(22-12-23-20)25-10-13-2-6-15(21)7-3-13/h2-9,11-12H,10H2,1H3. The Morgan fingerprint density at radius 3 is 2.54 bits per heavy atom. The van der Waals surface area contributed by atoms with Gasteiger partial charge in [-0.15, -0.1) is 23.1 Å². The Balaban J connectivity index is 1.68. The van der Waals surface area contributed by atoms with Crippen LogP contribution >= 0.6 is 23.1 Å². The lowest BCUT2D eigenvalue weighted by molar-refractivity contribution is 0.415. The minimum atomic E-state index is -0.220. The average molecular weight is 382 g/mol. The molecule has 0 atom stereocenters. The summed E-state index contributed by atoms with van der Waals surface area (Å²) in [6, 6.07) is 14.6. The third-order valence-electron chi connectivity index (χ3n) is 4.03. The SMILES string of the molecule is COc1ccc(-c2csc3ncnc(SCc4ccc(F)cc4)c23)cc1. The molecule has 0 unspecified atom stereocenters. The molecule has 0 fully saturated rings. The van der Waals surface area contributed by atoms with E-state index < -0.39 is 0 Å². The van der Waals surface area contributed by atoms with Gasteiger partial charge in [-0.1, -0.05) is 24.3 Å². The monoisotopic (exact) mass is 382 g/mol. The lowest BCUT2D eigenvalue weighted by Gasteiger charge is -2.06. The normalized spacial score (nSPS) is 11.0. The van der Waals surface area contributed by atoms with Crippen LogP contribution in [0.5, 0.6) is 5.75 Å². The summed E-state index contributed by atoms with van der Waals surface area (Å²) in [7, 11) is 1.66. The van der Waals surface area contributed by atoms with Crippen molar-refractivity contribution in [2.75, 3.05) is 7.11 Å². The molecule has 2 aromatic heterocycles. The van der Waals surface area contributed by atoms with Gasteiger partial charge in [0.05, 0.1) is 12.5 Å². The number of thioether (sulfide) groups is 1. The minimum Gasteiger partial charge on any atom is -0.497 e. The van der Waals surface area contributed by atoms with Gasteiger partial charge in [0.2, 0.25) is 0 Å². The molecular formula is C20H15FN2OS2. The van der Waals surface area contributed by atoms with Gasteiger partial charge >= 0.3 is 0 Å². The summed E-state index contributed by atoms with van der Waals surface area (Å²) < 4.78 is 18.3. The van der Waals surface area contributed by atoms with Crippen LogP contribution in [-0.4, -0.2) is 17.1 Å². The molecule has 0 aliphatic rings. The molecule has 0 N–H and O–H groups in total. The Morgan fingerprint density at radius 2 is 1.81 bits per heavy atom. The zero-order chi connectivity index (χ0) is 17.9. The third-order valence-corrected chi connectivity index (χ3v) is 5.97. The summed E-state index contributed by atoms with van der Waals surface area (Å²) in [5, 5.41) is 4.12. The minimum absolute atomic E-state index is 0.220. The largest absolute Gasteiger partial charge is 0.497 e. The first-order valence-corrected chi connectivity index (χ1v) is 9.85. The van der Waals surface area contributed by atoms with Gasteiger partial charge in [0.1, 0.15) is 27.8 Å². The van der Waals surface area contributed by atoms with Crippen LogP contribution in [0.25, 0.3) is 21.3 Å². The smallest absolute Gasteiger partial charge is 0.128 e. The number of thiophene rings is 1. The molecule has 26 heavy (non-hydrogen) atoms. The molecule has 0 bridgehead atoms. The molecule has 4 aromatic rings. The number of nitrogens with zero attached hydrogens (tertiary/aromatic N) is 2. The Bertz CT molecular complexity index is 1030. The van der Waals surface area contributed by atoms with Crippen molar-refractivity contribution < 1.29 is 9.13 Å². The van der Waals surface area contributed by atoms with Crippen LogP contribution in [0.1, 0.15) is 5.56 Å². The lowest BCUT2D eigenvalue weighted by Crippen LogP contribution is -1.88. The number of methoxy groups -OCH3 is 1. The molecule has 0 aliphatic heterocycles. The highest BCUT2D eigenvalue weighted by Gasteiger charge is 2.13. The topological polar surface area (TPSA) is 35.0 Å². The van der Waals surface area contributed by atoms with E-state index in [0.29, 0.717) is 0 Å². The summed E-state index contributed by atoms with van der Waals surface area (Å²) >= 11 is 3.25. The van der Waals surface area contributed by atoms with Gasteiger partial charge < -0.3 is 4.74 Å². The second-order valence-corrected chi connectivity index (χ2v) is 7.47. The molecule has 2 aromatic carbocycles. The number of hydrogen-bond donors (Lipinski definition) is 0. The van der Waals surface area contributed by atoms with Crippen molar-refractivity contribution in [1.82, 2.24) is 9.97 Å². The van der Waals surface area contributed by atoms with E-state index in [4.69, 9.17) is 4.74 Å². The predicted octanol–water partition coefficient (Wildman–Crippen LogP) is 5.80. The molecule has 0 amide bonds. The van der Waals surface area contributed by atoms with Crippen LogP contribution in [0.2, 0.25) is 0 Å². The van der Waals surface area contributed by atoms with Gasteiger partial charge in [-0.05, 0) is 35.4 Å². The average Bonchev–Trinajstić information content (AvgIpc) is 3.12. The van der Waals surface area contributed by atoms with E-state index in [0.717, 1.165) is 43.4 Å². The summed E-state index contributed by atoms with van der Waals surface area (Å²) in [5.74, 6) is 1.34. The highest BCUT2D eigenvalue weighted by Crippen LogP contribution is 2.39. The number of hydrogen-bond acceptors (Lipinski definition) is 5. The van der Waals surface area contributed by atoms with Gasteiger partial charge in [-0.2, -0.15) is 0 Å². The second-order valence-electron chi connectivity index (χ2n) is 5.65. The first-order chi connectivity index (χ1) is 12.7. The van der Waals surface area contributed by atoms with Crippen LogP contribution in [-0.2, 0) is 5.75 Å². The van der Waals surface area contributed by atoms with Crippen molar-refractivity contribution in [2.24, 2.45) is 0 Å². The first-order valence-electron chi connectivity index (χ1n) is 7.98. The van der Waals surface area contributed by atoms with E-state index in [2.05, 4.69) is 15.3 Å². The fourth-order valence-electron chi connectivity index (χ4n) is 2.67. The van der Waals surface area contributed by atoms with Crippen molar-refractivity contribution in [1.29, 1.82) is 0 Å². The number of aromatic nitrogens is 2. The van der Waals surface area contributed by atoms with Crippen LogP contribution in [0.4, 0.5) is 4.39 Å². The Kier molecular flexibility index (Phi) is 4.86. The van der Waals surface area contributed by atoms with E-state index in [1.54, 1.807) is 48.7 Å². The quantitative estimate of drug-likeness (QED) is 0.323. The molecule has 0 aliphatic carbocycles. The highest BCUT2D eigenvalue weighted by molar-refractivity contribution is 7.98. The van der Waals surface area contributed by atoms with Gasteiger partial charge in [0.25, 0.3) is 0 Å². The summed E-state index contributed by atoms with van der Waals surface area (Å²) in [5.41, 5.74) is 3.29. The van der Waals surface area contributed by atoms with E-state index in [1.165, 1.54) is 12.1 Å². The maximum absolute atomic E-state index is 13.1. The van der Waals surface area contributed by atoms with Crippen molar-refractivity contribution >= 4 is 33.3 Å². The first kappa shape index (κ1) is 17.0. The molecule has 0 radical (unpaired) electrons. The summed E-state index contributed by atoms with van der Waals surface area (Å²) in [6.07, 6.45) is 1.60. The fraction of sp³-hybridized carbons (Fsp3) is 0.100. The van der Waals surface area contributed by atoms with E-state index in [1.807, 2.05) is 24.3 Å². The third kappa shape index (κ3) is 3.43. The van der Waals surface area contributed by atoms with E-state index >= 15 is 0 Å². The van der Waals surface area contributed by atoms with Gasteiger partial charge in [0.15, 0.2) is 0 Å². The molecule has 130 valence electrons. The van der Waals surface area contributed by atoms with Crippen molar-refractivity contribution in [3.05, 3.63) is 71.6 Å². The summed E-state index contributed by atoms with van der Waals surface area (Å²) in [6.45, 7) is 0. The molecule has 0 saturated heterocycles. The van der Waals surface area contributed by atoms with Crippen LogP contribution < -0.4 is 4.74 Å². The van der Waals surface area contributed by atoms with Crippen molar-refractivity contribution in [3.8, 4) is 16.9 Å². The number of halogens is 1. The molecule has 0 spiro atoms. The number of benzene rings is 2. The number of rotatable bonds is 5. The molecule has 2 heterocycles. The zero-order valence-electron chi connectivity index (χ0n) is 14.0. The Labute approximate surface area is 158 Å². The van der Waals surface area contributed by atoms with Gasteiger partial charge in [-0.25, -0.2) is 14.4 Å². The maximum Gasteiger partial charge on any atom is 0.128 e. The highest BCUT2D eigenvalue weighted by atomic mass is 32.2. The van der Waals surface area contributed by atoms with Crippen molar-refractivity contribution in [3.63, 3.8) is 0 Å². The Hall–Kier alpha value is -2.44. The van der Waals surface area contributed by atoms with Crippen molar-refractivity contribution in [2.45, 2.75) is 10.8 Å². The van der Waals surface area contributed by atoms with Crippen LogP contribution in [0.15, 0.2) is 65.3 Å². The number of ether oxygens (including phenoxy) is 1. The number of fused-ring (bicyclic) bond motifs is 1. The molecular weight excluding hydrogens is 367 g/mol. The van der Waals surface area contributed by atoms with E-state index in [-0.39, 0.29) is 5.82 Å². The van der Waals surface area contributed by atoms with Crippen LogP contribution in [0, 0.1) is 5.82 Å². The van der Waals surface area contributed by atoms with Gasteiger partial charge in [0, 0.05) is 16.7 Å². The molecule has 3 nitrogen and oxygen atoms in total. The van der Waals surface area contributed by atoms with E-state index in [9.17, 15) is 4.39 Å². The second kappa shape index (κ2) is 7.43. The fourth-order valence-corrected chi connectivity index (χ4v) is 4.62. The maximum atomic E-state index is 13.1.